The van der Waals surface area contributed by atoms with E-state index in [0.717, 1.165) is 42.7 Å². The Morgan fingerprint density at radius 2 is 1.97 bits per heavy atom. The Morgan fingerprint density at radius 1 is 1.10 bits per heavy atom. The van der Waals surface area contributed by atoms with Crippen LogP contribution >= 0.6 is 22.7 Å². The van der Waals surface area contributed by atoms with E-state index in [-0.39, 0.29) is 6.04 Å². The number of fused-ring (bicyclic) bond motifs is 1. The predicted octanol–water partition coefficient (Wildman–Crippen LogP) is 2.90. The van der Waals surface area contributed by atoms with Crippen molar-refractivity contribution in [1.82, 2.24) is 30.1 Å². The molecule has 0 bridgehead atoms. The number of nitrogens with zero attached hydrogens (tertiary/aromatic N) is 7. The van der Waals surface area contributed by atoms with E-state index >= 15 is 0 Å². The average molecular weight is 442 g/mol. The average Bonchev–Trinajstić information content (AvgIpc) is 3.54. The lowest BCUT2D eigenvalue weighted by atomic mass is 10.1. The van der Waals surface area contributed by atoms with Gasteiger partial charge in [0.15, 0.2) is 11.0 Å². The first kappa shape index (κ1) is 19.6. The number of benzene rings is 1. The topological polar surface area (TPSA) is 72.2 Å². The van der Waals surface area contributed by atoms with Gasteiger partial charge in [0.05, 0.1) is 23.4 Å². The van der Waals surface area contributed by atoms with Crippen molar-refractivity contribution in [3.8, 4) is 0 Å². The van der Waals surface area contributed by atoms with Gasteiger partial charge in [-0.3, -0.25) is 4.90 Å². The van der Waals surface area contributed by atoms with E-state index in [1.165, 1.54) is 9.58 Å². The summed E-state index contributed by atoms with van der Waals surface area (Å²) in [6, 6.07) is 12.6. The summed E-state index contributed by atoms with van der Waals surface area (Å²) < 4.78 is 8.34. The zero-order valence-electron chi connectivity index (χ0n) is 16.7. The summed E-state index contributed by atoms with van der Waals surface area (Å²) in [6.07, 6.45) is 0. The molecule has 30 heavy (non-hydrogen) atoms. The molecule has 0 unspecified atom stereocenters. The summed E-state index contributed by atoms with van der Waals surface area (Å²) in [7, 11) is 1.70. The van der Waals surface area contributed by atoms with Crippen LogP contribution in [0.3, 0.4) is 0 Å². The zero-order chi connectivity index (χ0) is 20.3. The van der Waals surface area contributed by atoms with Gasteiger partial charge >= 0.3 is 0 Å². The number of methoxy groups -OCH3 is 1. The minimum absolute atomic E-state index is 0.0503. The molecule has 1 aromatic carbocycles. The molecule has 0 aliphatic carbocycles. The molecule has 0 radical (unpaired) electrons. The van der Waals surface area contributed by atoms with Crippen LogP contribution in [0.4, 0.5) is 5.13 Å². The molecule has 4 aromatic rings. The quantitative estimate of drug-likeness (QED) is 0.437. The molecule has 1 aliphatic rings. The molecular formula is C20H23N7OS2. The third kappa shape index (κ3) is 3.83. The summed E-state index contributed by atoms with van der Waals surface area (Å²) in [4.78, 5) is 11.0. The van der Waals surface area contributed by atoms with Crippen molar-refractivity contribution in [3.63, 3.8) is 0 Å². The summed E-state index contributed by atoms with van der Waals surface area (Å²) in [5, 5.41) is 15.8. The van der Waals surface area contributed by atoms with Crippen molar-refractivity contribution < 1.29 is 4.74 Å². The predicted molar refractivity (Wildman–Crippen MR) is 119 cm³/mol. The number of piperazine rings is 1. The number of thiophene rings is 1. The monoisotopic (exact) mass is 441 g/mol. The van der Waals surface area contributed by atoms with E-state index < -0.39 is 0 Å². The fourth-order valence-electron chi connectivity index (χ4n) is 3.83. The fourth-order valence-corrected chi connectivity index (χ4v) is 5.70. The maximum absolute atomic E-state index is 5.23. The van der Waals surface area contributed by atoms with Gasteiger partial charge in [0.2, 0.25) is 0 Å². The maximum Gasteiger partial charge on any atom is 0.186 e. The first-order valence-corrected chi connectivity index (χ1v) is 11.7. The molecule has 0 saturated carbocycles. The van der Waals surface area contributed by atoms with Crippen LogP contribution in [0.2, 0.25) is 0 Å². The van der Waals surface area contributed by atoms with Gasteiger partial charge in [-0.05, 0) is 34.0 Å². The van der Waals surface area contributed by atoms with E-state index in [9.17, 15) is 0 Å². The maximum atomic E-state index is 5.23. The normalized spacial score (nSPS) is 16.4. The summed E-state index contributed by atoms with van der Waals surface area (Å²) in [6.45, 7) is 4.95. The highest BCUT2D eigenvalue weighted by Crippen LogP contribution is 2.33. The Bertz CT molecular complexity index is 1050. The molecule has 0 N–H and O–H groups in total. The first-order valence-electron chi connectivity index (χ1n) is 9.96. The van der Waals surface area contributed by atoms with E-state index in [0.29, 0.717) is 13.2 Å². The van der Waals surface area contributed by atoms with Crippen LogP contribution in [0.15, 0.2) is 41.8 Å². The Labute approximate surface area is 182 Å². The molecule has 10 heteroatoms. The summed E-state index contributed by atoms with van der Waals surface area (Å²) in [5.74, 6) is 0.878. The van der Waals surface area contributed by atoms with Crippen LogP contribution in [0, 0.1) is 0 Å². The smallest absolute Gasteiger partial charge is 0.186 e. The molecule has 1 fully saturated rings. The van der Waals surface area contributed by atoms with Crippen molar-refractivity contribution in [3.05, 3.63) is 52.5 Å². The van der Waals surface area contributed by atoms with Gasteiger partial charge in [-0.1, -0.05) is 29.5 Å². The first-order chi connectivity index (χ1) is 14.8. The van der Waals surface area contributed by atoms with E-state index in [1.54, 1.807) is 29.8 Å². The molecule has 4 heterocycles. The Hall–Kier alpha value is -2.40. The number of anilines is 1. The van der Waals surface area contributed by atoms with Gasteiger partial charge in [-0.25, -0.2) is 9.67 Å². The van der Waals surface area contributed by atoms with Crippen LogP contribution < -0.4 is 4.90 Å². The second kappa shape index (κ2) is 8.76. The van der Waals surface area contributed by atoms with Crippen LogP contribution in [-0.2, 0) is 11.3 Å². The molecule has 5 rings (SSSR count). The molecule has 0 amide bonds. The van der Waals surface area contributed by atoms with Gasteiger partial charge < -0.3 is 9.64 Å². The van der Waals surface area contributed by atoms with Crippen LogP contribution in [0.25, 0.3) is 10.2 Å². The van der Waals surface area contributed by atoms with Crippen molar-refractivity contribution in [2.45, 2.75) is 12.6 Å². The number of ether oxygens (including phenoxy) is 1. The van der Waals surface area contributed by atoms with Crippen molar-refractivity contribution >= 4 is 38.0 Å². The number of tetrazole rings is 1. The molecule has 3 aromatic heterocycles. The fraction of sp³-hybridized carbons (Fsp3) is 0.400. The second-order valence-electron chi connectivity index (χ2n) is 7.16. The third-order valence-electron chi connectivity index (χ3n) is 5.36. The largest absolute Gasteiger partial charge is 0.383 e. The van der Waals surface area contributed by atoms with Crippen LogP contribution in [0.5, 0.6) is 0 Å². The summed E-state index contributed by atoms with van der Waals surface area (Å²) in [5.41, 5.74) is 1.08. The number of thiazole rings is 1. The highest BCUT2D eigenvalue weighted by molar-refractivity contribution is 7.22. The van der Waals surface area contributed by atoms with E-state index in [2.05, 4.69) is 61.0 Å². The van der Waals surface area contributed by atoms with Gasteiger partial charge in [0.1, 0.15) is 6.04 Å². The molecule has 156 valence electrons. The molecule has 1 saturated heterocycles. The molecule has 1 atom stereocenters. The van der Waals surface area contributed by atoms with Gasteiger partial charge in [-0.15, -0.1) is 16.4 Å². The number of aromatic nitrogens is 5. The number of hydrogen-bond donors (Lipinski definition) is 0. The van der Waals surface area contributed by atoms with E-state index in [4.69, 9.17) is 9.72 Å². The van der Waals surface area contributed by atoms with Gasteiger partial charge in [0.25, 0.3) is 0 Å². The van der Waals surface area contributed by atoms with Gasteiger partial charge in [0, 0.05) is 38.2 Å². The Morgan fingerprint density at radius 3 is 2.73 bits per heavy atom. The van der Waals surface area contributed by atoms with Crippen molar-refractivity contribution in [1.29, 1.82) is 0 Å². The Balaban J connectivity index is 1.36. The number of hydrogen-bond acceptors (Lipinski definition) is 9. The third-order valence-corrected chi connectivity index (χ3v) is 7.38. The van der Waals surface area contributed by atoms with Crippen molar-refractivity contribution in [2.75, 3.05) is 44.8 Å². The lowest BCUT2D eigenvalue weighted by molar-refractivity contribution is 0.172. The lowest BCUT2D eigenvalue weighted by Crippen LogP contribution is -2.48. The molecule has 0 spiro atoms. The van der Waals surface area contributed by atoms with E-state index in [1.807, 2.05) is 10.7 Å². The number of rotatable bonds is 7. The minimum atomic E-state index is 0.0503. The SMILES string of the molecule is COCCn1nnnc1[C@H](c1cccs1)N1CCN(c2nc3ccccc3s2)CC1. The standard InChI is InChI=1S/C20H23N7OS2/c1-28-13-12-27-19(22-23-24-27)18(17-7-4-14-29-17)25-8-10-26(11-9-25)20-21-15-5-2-3-6-16(15)30-20/h2-7,14,18H,8-13H2,1H3/t18-/m0/s1. The molecule has 8 nitrogen and oxygen atoms in total. The zero-order valence-corrected chi connectivity index (χ0v) is 18.3. The highest BCUT2D eigenvalue weighted by Gasteiger charge is 2.31. The second-order valence-corrected chi connectivity index (χ2v) is 9.15. The van der Waals surface area contributed by atoms with Crippen LogP contribution in [-0.4, -0.2) is 70.0 Å². The highest BCUT2D eigenvalue weighted by atomic mass is 32.1. The lowest BCUT2D eigenvalue weighted by Gasteiger charge is -2.38. The summed E-state index contributed by atoms with van der Waals surface area (Å²) >= 11 is 3.52. The number of para-hydroxylation sites is 1. The Kier molecular flexibility index (Phi) is 5.71. The molecular weight excluding hydrogens is 418 g/mol. The van der Waals surface area contributed by atoms with Crippen LogP contribution in [0.1, 0.15) is 16.7 Å². The van der Waals surface area contributed by atoms with Gasteiger partial charge in [-0.2, -0.15) is 0 Å². The van der Waals surface area contributed by atoms with Crippen molar-refractivity contribution in [2.24, 2.45) is 0 Å². The molecule has 1 aliphatic heterocycles. The minimum Gasteiger partial charge on any atom is -0.383 e.